The highest BCUT2D eigenvalue weighted by molar-refractivity contribution is 7.91. The van der Waals surface area contributed by atoms with E-state index >= 15 is 0 Å². The molecule has 1 unspecified atom stereocenters. The molecule has 8 heteroatoms. The molecule has 3 rings (SSSR count). The summed E-state index contributed by atoms with van der Waals surface area (Å²) in [5, 5.41) is 24.1. The van der Waals surface area contributed by atoms with Crippen LogP contribution >= 0.6 is 0 Å². The Balaban J connectivity index is 1.88. The van der Waals surface area contributed by atoms with Crippen LogP contribution in [-0.4, -0.2) is 52.3 Å². The Kier molecular flexibility index (Phi) is 3.98. The number of nitrogens with zero attached hydrogens (tertiary/aromatic N) is 2. The van der Waals surface area contributed by atoms with Crippen molar-refractivity contribution in [2.75, 3.05) is 12.4 Å². The number of hydrogen-bond acceptors (Lipinski definition) is 6. The van der Waals surface area contributed by atoms with Crippen molar-refractivity contribution in [2.24, 2.45) is 0 Å². The molecule has 2 aromatic rings. The Morgan fingerprint density at radius 2 is 2.05 bits per heavy atom. The molecule has 1 atom stereocenters. The van der Waals surface area contributed by atoms with Crippen LogP contribution in [0.5, 0.6) is 0 Å². The number of fused-ring (bicyclic) bond motifs is 1. The number of aliphatic hydroxyl groups is 2. The summed E-state index contributed by atoms with van der Waals surface area (Å²) >= 11 is 0. The summed E-state index contributed by atoms with van der Waals surface area (Å²) in [4.78, 5) is 4.02. The SMILES string of the molecule is O=S(=O)(CC(O)CO)c1nc(-c2ccc3c(c2)CCC3)n[nH]1. The van der Waals surface area contributed by atoms with Gasteiger partial charge in [-0.25, -0.2) is 13.5 Å². The Morgan fingerprint density at radius 3 is 2.82 bits per heavy atom. The van der Waals surface area contributed by atoms with E-state index in [-0.39, 0.29) is 5.16 Å². The van der Waals surface area contributed by atoms with Gasteiger partial charge in [0, 0.05) is 5.56 Å². The lowest BCUT2D eigenvalue weighted by atomic mass is 10.1. The lowest BCUT2D eigenvalue weighted by Crippen LogP contribution is -2.24. The second kappa shape index (κ2) is 5.79. The third-order valence-electron chi connectivity index (χ3n) is 3.74. The van der Waals surface area contributed by atoms with Gasteiger partial charge in [0.15, 0.2) is 5.82 Å². The molecular formula is C14H17N3O4S. The average molecular weight is 323 g/mol. The van der Waals surface area contributed by atoms with Gasteiger partial charge in [0.05, 0.1) is 18.5 Å². The molecule has 1 aromatic carbocycles. The number of hydrogen-bond donors (Lipinski definition) is 3. The van der Waals surface area contributed by atoms with Gasteiger partial charge in [0.1, 0.15) is 0 Å². The largest absolute Gasteiger partial charge is 0.394 e. The summed E-state index contributed by atoms with van der Waals surface area (Å²) in [6.07, 6.45) is 1.88. The lowest BCUT2D eigenvalue weighted by Gasteiger charge is -2.05. The molecule has 1 aliphatic carbocycles. The summed E-state index contributed by atoms with van der Waals surface area (Å²) in [6.45, 7) is -0.620. The average Bonchev–Trinajstić information content (AvgIpc) is 3.15. The van der Waals surface area contributed by atoms with Gasteiger partial charge in [-0.1, -0.05) is 12.1 Å². The molecule has 0 bridgehead atoms. The second-order valence-corrected chi connectivity index (χ2v) is 7.37. The molecule has 118 valence electrons. The summed E-state index contributed by atoms with van der Waals surface area (Å²) in [7, 11) is -3.81. The van der Waals surface area contributed by atoms with E-state index in [2.05, 4.69) is 15.2 Å². The van der Waals surface area contributed by atoms with E-state index in [1.54, 1.807) is 0 Å². The highest BCUT2D eigenvalue weighted by atomic mass is 32.2. The van der Waals surface area contributed by atoms with E-state index in [1.807, 2.05) is 18.2 Å². The third kappa shape index (κ3) is 2.90. The molecule has 0 amide bonds. The third-order valence-corrected chi connectivity index (χ3v) is 5.33. The normalized spacial score (nSPS) is 15.7. The van der Waals surface area contributed by atoms with Crippen LogP contribution in [0.3, 0.4) is 0 Å². The van der Waals surface area contributed by atoms with Crippen molar-refractivity contribution in [3.8, 4) is 11.4 Å². The van der Waals surface area contributed by atoms with Crippen molar-refractivity contribution in [2.45, 2.75) is 30.5 Å². The molecule has 0 saturated carbocycles. The van der Waals surface area contributed by atoms with Crippen LogP contribution in [0.1, 0.15) is 17.5 Å². The summed E-state index contributed by atoms with van der Waals surface area (Å²) in [5.41, 5.74) is 3.33. The van der Waals surface area contributed by atoms with E-state index in [1.165, 1.54) is 11.1 Å². The zero-order chi connectivity index (χ0) is 15.7. The minimum atomic E-state index is -3.81. The molecule has 1 aromatic heterocycles. The minimum absolute atomic E-state index is 0.296. The van der Waals surface area contributed by atoms with Crippen LogP contribution in [0.25, 0.3) is 11.4 Å². The number of aliphatic hydroxyl groups excluding tert-OH is 2. The summed E-state index contributed by atoms with van der Waals surface area (Å²) in [6, 6.07) is 5.90. The van der Waals surface area contributed by atoms with Crippen LogP contribution in [0.15, 0.2) is 23.4 Å². The number of aromatic nitrogens is 3. The van der Waals surface area contributed by atoms with E-state index in [4.69, 9.17) is 5.11 Å². The molecule has 0 aliphatic heterocycles. The summed E-state index contributed by atoms with van der Waals surface area (Å²) < 4.78 is 24.1. The first kappa shape index (κ1) is 15.1. The van der Waals surface area contributed by atoms with Gasteiger partial charge in [-0.15, -0.1) is 0 Å². The molecule has 1 heterocycles. The van der Waals surface area contributed by atoms with E-state index in [0.717, 1.165) is 24.8 Å². The molecule has 22 heavy (non-hydrogen) atoms. The maximum absolute atomic E-state index is 12.0. The zero-order valence-corrected chi connectivity index (χ0v) is 12.7. The molecule has 0 saturated heterocycles. The van der Waals surface area contributed by atoms with E-state index in [0.29, 0.717) is 5.82 Å². The number of nitrogens with one attached hydrogen (secondary N) is 1. The minimum Gasteiger partial charge on any atom is -0.394 e. The summed E-state index contributed by atoms with van der Waals surface area (Å²) in [5.74, 6) is -0.283. The highest BCUT2D eigenvalue weighted by Crippen LogP contribution is 2.26. The highest BCUT2D eigenvalue weighted by Gasteiger charge is 2.24. The molecule has 1 aliphatic rings. The number of aromatic amines is 1. The Labute approximate surface area is 128 Å². The Hall–Kier alpha value is -1.77. The van der Waals surface area contributed by atoms with Crippen molar-refractivity contribution in [1.29, 1.82) is 0 Å². The molecular weight excluding hydrogens is 306 g/mol. The number of rotatable bonds is 5. The fraction of sp³-hybridized carbons (Fsp3) is 0.429. The van der Waals surface area contributed by atoms with Gasteiger partial charge in [0.25, 0.3) is 0 Å². The first-order chi connectivity index (χ1) is 10.5. The maximum Gasteiger partial charge on any atom is 0.243 e. The van der Waals surface area contributed by atoms with Crippen molar-refractivity contribution < 1.29 is 18.6 Å². The van der Waals surface area contributed by atoms with Crippen LogP contribution in [0, 0.1) is 0 Å². The Bertz CT molecular complexity index is 785. The van der Waals surface area contributed by atoms with Gasteiger partial charge in [0.2, 0.25) is 15.0 Å². The fourth-order valence-corrected chi connectivity index (χ4v) is 3.79. The first-order valence-corrected chi connectivity index (χ1v) is 8.71. The van der Waals surface area contributed by atoms with E-state index < -0.39 is 28.3 Å². The van der Waals surface area contributed by atoms with Crippen molar-refractivity contribution in [3.63, 3.8) is 0 Å². The number of aryl methyl sites for hydroxylation is 2. The lowest BCUT2D eigenvalue weighted by molar-refractivity contribution is 0.112. The standard InChI is InChI=1S/C14H17N3O4S/c18-7-12(19)8-22(20,21)14-15-13(16-17-14)11-5-4-9-2-1-3-10(9)6-11/h4-6,12,18-19H,1-3,7-8H2,(H,15,16,17). The molecule has 3 N–H and O–H groups in total. The van der Waals surface area contributed by atoms with Gasteiger partial charge >= 0.3 is 0 Å². The van der Waals surface area contributed by atoms with Crippen LogP contribution in [0.2, 0.25) is 0 Å². The van der Waals surface area contributed by atoms with E-state index in [9.17, 15) is 13.5 Å². The predicted molar refractivity (Wildman–Crippen MR) is 79.0 cm³/mol. The topological polar surface area (TPSA) is 116 Å². The van der Waals surface area contributed by atoms with Crippen molar-refractivity contribution in [1.82, 2.24) is 15.2 Å². The van der Waals surface area contributed by atoms with Crippen LogP contribution < -0.4 is 0 Å². The fourth-order valence-electron chi connectivity index (χ4n) is 2.61. The van der Waals surface area contributed by atoms with Gasteiger partial charge < -0.3 is 10.2 Å². The monoisotopic (exact) mass is 323 g/mol. The maximum atomic E-state index is 12.0. The number of benzene rings is 1. The zero-order valence-electron chi connectivity index (χ0n) is 11.9. The Morgan fingerprint density at radius 1 is 1.27 bits per heavy atom. The smallest absolute Gasteiger partial charge is 0.243 e. The number of H-pyrrole nitrogens is 1. The van der Waals surface area contributed by atoms with Gasteiger partial charge in [-0.05, 0) is 36.5 Å². The molecule has 0 radical (unpaired) electrons. The predicted octanol–water partition coefficient (Wildman–Crippen LogP) is 0.0873. The molecule has 0 fully saturated rings. The van der Waals surface area contributed by atoms with Crippen LogP contribution in [-0.2, 0) is 22.7 Å². The van der Waals surface area contributed by atoms with Gasteiger partial charge in [-0.3, -0.25) is 0 Å². The van der Waals surface area contributed by atoms with Gasteiger partial charge in [-0.2, -0.15) is 10.1 Å². The first-order valence-electron chi connectivity index (χ1n) is 7.06. The van der Waals surface area contributed by atoms with Crippen molar-refractivity contribution >= 4 is 9.84 Å². The second-order valence-electron chi connectivity index (χ2n) is 5.42. The quantitative estimate of drug-likeness (QED) is 0.718. The number of sulfone groups is 1. The molecule has 0 spiro atoms. The van der Waals surface area contributed by atoms with Crippen LogP contribution in [0.4, 0.5) is 0 Å². The molecule has 7 nitrogen and oxygen atoms in total. The van der Waals surface area contributed by atoms with Crippen molar-refractivity contribution in [3.05, 3.63) is 29.3 Å².